The Morgan fingerprint density at radius 2 is 2.25 bits per heavy atom. The van der Waals surface area contributed by atoms with Gasteiger partial charge in [-0.05, 0) is 13.0 Å². The Morgan fingerprint density at radius 1 is 1.50 bits per heavy atom. The maximum Gasteiger partial charge on any atom is 0.316 e. The molecule has 0 bridgehead atoms. The van der Waals surface area contributed by atoms with Crippen LogP contribution in [-0.4, -0.2) is 23.1 Å². The molecule has 0 N–H and O–H groups in total. The quantitative estimate of drug-likeness (QED) is 0.443. The highest BCUT2D eigenvalue weighted by molar-refractivity contribution is 5.75. The maximum absolute atomic E-state index is 2.96. The fourth-order valence-corrected chi connectivity index (χ4v) is 0.483. The normalized spacial score (nSPS) is 7.62. The molecule has 0 saturated heterocycles. The first kappa shape index (κ1) is 7.99. The number of hydrogen-bond acceptors (Lipinski definition) is 0. The minimum absolute atomic E-state index is 0. The Labute approximate surface area is 66.1 Å². The second-order valence-corrected chi connectivity index (χ2v) is 1.58. The van der Waals surface area contributed by atoms with E-state index in [9.17, 15) is 0 Å². The highest BCUT2D eigenvalue weighted by Gasteiger charge is 1.72. The van der Waals surface area contributed by atoms with Crippen molar-refractivity contribution in [2.45, 2.75) is 6.92 Å². The van der Waals surface area contributed by atoms with Gasteiger partial charge in [-0.25, -0.2) is 0 Å². The third-order valence-electron chi connectivity index (χ3n) is 0.863. The van der Waals surface area contributed by atoms with Crippen molar-refractivity contribution in [1.82, 2.24) is 0 Å². The Morgan fingerprint density at radius 3 is 2.50 bits per heavy atom. The van der Waals surface area contributed by atoms with E-state index < -0.39 is 0 Å². The largest absolute Gasteiger partial charge is 0.316 e. The standard InChI is InChI=1S/C7H7.Mg.2H/c1-7-5-3-2-4-6-7;;;/h2-3,5-6H,1H3;;;. The Balaban J connectivity index is 0.000000490. The van der Waals surface area contributed by atoms with E-state index in [1.165, 1.54) is 5.56 Å². The van der Waals surface area contributed by atoms with Crippen LogP contribution < -0.4 is 0 Å². The zero-order valence-electron chi connectivity index (χ0n) is 4.31. The van der Waals surface area contributed by atoms with Crippen LogP contribution in [0, 0.1) is 13.0 Å². The van der Waals surface area contributed by atoms with Gasteiger partial charge in [0.2, 0.25) is 0 Å². The van der Waals surface area contributed by atoms with Crippen molar-refractivity contribution < 1.29 is 0 Å². The van der Waals surface area contributed by atoms with E-state index in [2.05, 4.69) is 19.1 Å². The minimum Gasteiger partial charge on any atom is -0.0614 e. The van der Waals surface area contributed by atoms with Gasteiger partial charge in [0, 0.05) is 0 Å². The van der Waals surface area contributed by atoms with Gasteiger partial charge in [0.25, 0.3) is 0 Å². The number of rotatable bonds is 0. The highest BCUT2D eigenvalue weighted by Crippen LogP contribution is 1.91. The summed E-state index contributed by atoms with van der Waals surface area (Å²) in [5.41, 5.74) is 1.27. The molecule has 1 radical (unpaired) electrons. The van der Waals surface area contributed by atoms with Crippen molar-refractivity contribution in [2.24, 2.45) is 0 Å². The monoisotopic (exact) mass is 117 g/mol. The van der Waals surface area contributed by atoms with Gasteiger partial charge in [-0.2, -0.15) is 0 Å². The molecule has 8 heavy (non-hydrogen) atoms. The molecular formula is C7H9Mg. The molecule has 0 aliphatic heterocycles. The van der Waals surface area contributed by atoms with E-state index in [4.69, 9.17) is 0 Å². The lowest BCUT2D eigenvalue weighted by molar-refractivity contribution is 1.47. The number of aryl methyl sites for hydroxylation is 1. The van der Waals surface area contributed by atoms with Gasteiger partial charge in [-0.15, -0.1) is 0 Å². The lowest BCUT2D eigenvalue weighted by Gasteiger charge is -1.82. The van der Waals surface area contributed by atoms with Crippen LogP contribution in [0.1, 0.15) is 5.56 Å². The zero-order chi connectivity index (χ0) is 5.11. The van der Waals surface area contributed by atoms with Gasteiger partial charge in [0.15, 0.2) is 0 Å². The Kier molecular flexibility index (Phi) is 3.92. The van der Waals surface area contributed by atoms with Crippen LogP contribution in [0.25, 0.3) is 0 Å². The smallest absolute Gasteiger partial charge is 0.0614 e. The van der Waals surface area contributed by atoms with Crippen LogP contribution in [0.5, 0.6) is 0 Å². The van der Waals surface area contributed by atoms with E-state index in [0.717, 1.165) is 0 Å². The van der Waals surface area contributed by atoms with Crippen molar-refractivity contribution >= 4 is 23.1 Å². The lowest BCUT2D eigenvalue weighted by Crippen LogP contribution is -1.63. The first-order valence-corrected chi connectivity index (χ1v) is 2.32. The molecule has 0 amide bonds. The first-order valence-electron chi connectivity index (χ1n) is 2.32. The average molecular weight is 117 g/mol. The zero-order valence-corrected chi connectivity index (χ0v) is 4.31. The van der Waals surface area contributed by atoms with E-state index in [0.29, 0.717) is 0 Å². The third-order valence-corrected chi connectivity index (χ3v) is 0.863. The van der Waals surface area contributed by atoms with E-state index in [-0.39, 0.29) is 23.1 Å². The van der Waals surface area contributed by atoms with Gasteiger partial charge >= 0.3 is 23.1 Å². The topological polar surface area (TPSA) is 0 Å². The molecule has 39 valence electrons. The molecule has 0 saturated carbocycles. The summed E-state index contributed by atoms with van der Waals surface area (Å²) in [6.45, 7) is 2.05. The summed E-state index contributed by atoms with van der Waals surface area (Å²) in [5.74, 6) is 0. The molecule has 0 spiro atoms. The van der Waals surface area contributed by atoms with Crippen LogP contribution >= 0.6 is 0 Å². The molecule has 0 aliphatic carbocycles. The maximum atomic E-state index is 2.96. The molecule has 0 heterocycles. The van der Waals surface area contributed by atoms with Gasteiger partial charge in [-0.1, -0.05) is 29.8 Å². The van der Waals surface area contributed by atoms with Crippen molar-refractivity contribution in [2.75, 3.05) is 0 Å². The molecule has 0 atom stereocenters. The first-order chi connectivity index (χ1) is 3.39. The molecule has 0 unspecified atom stereocenters. The second-order valence-electron chi connectivity index (χ2n) is 1.58. The van der Waals surface area contributed by atoms with Gasteiger partial charge < -0.3 is 0 Å². The molecule has 1 heteroatoms. The highest BCUT2D eigenvalue weighted by atomic mass is 24.3. The van der Waals surface area contributed by atoms with Crippen LogP contribution in [0.4, 0.5) is 0 Å². The molecule has 1 rings (SSSR count). The van der Waals surface area contributed by atoms with Gasteiger partial charge in [0.05, 0.1) is 0 Å². The number of hydrogen-bond donors (Lipinski definition) is 0. The third kappa shape index (κ3) is 2.33. The summed E-state index contributed by atoms with van der Waals surface area (Å²) in [6.07, 6.45) is 0. The molecule has 1 aromatic carbocycles. The predicted molar refractivity (Wildman–Crippen MR) is 38.6 cm³/mol. The summed E-state index contributed by atoms with van der Waals surface area (Å²) in [4.78, 5) is 0. The molecule has 0 nitrogen and oxygen atoms in total. The summed E-state index contributed by atoms with van der Waals surface area (Å²) < 4.78 is 0. The molecule has 0 aliphatic rings. The Hall–Kier alpha value is -0.0138. The van der Waals surface area contributed by atoms with Gasteiger partial charge in [-0.3, -0.25) is 0 Å². The molecule has 0 fully saturated rings. The summed E-state index contributed by atoms with van der Waals surface area (Å²) in [6, 6.07) is 10.8. The molecule has 1 aromatic rings. The predicted octanol–water partition coefficient (Wildman–Crippen LogP) is 0.879. The van der Waals surface area contributed by atoms with Crippen LogP contribution in [0.3, 0.4) is 0 Å². The Bertz CT molecular complexity index is 134. The van der Waals surface area contributed by atoms with Crippen LogP contribution in [0.15, 0.2) is 24.3 Å². The SMILES string of the molecule is Cc1c[c]ccc1.[MgH2]. The van der Waals surface area contributed by atoms with Crippen molar-refractivity contribution in [3.63, 3.8) is 0 Å². The van der Waals surface area contributed by atoms with Crippen LogP contribution in [0.2, 0.25) is 0 Å². The van der Waals surface area contributed by atoms with E-state index in [1.807, 2.05) is 18.2 Å². The van der Waals surface area contributed by atoms with Crippen LogP contribution in [-0.2, 0) is 0 Å². The second kappa shape index (κ2) is 3.93. The summed E-state index contributed by atoms with van der Waals surface area (Å²) in [5, 5.41) is 0. The number of benzene rings is 1. The van der Waals surface area contributed by atoms with Gasteiger partial charge in [0.1, 0.15) is 0 Å². The van der Waals surface area contributed by atoms with Crippen molar-refractivity contribution in [1.29, 1.82) is 0 Å². The minimum atomic E-state index is 0. The fourth-order valence-electron chi connectivity index (χ4n) is 0.483. The summed E-state index contributed by atoms with van der Waals surface area (Å²) in [7, 11) is 0. The van der Waals surface area contributed by atoms with Crippen molar-refractivity contribution in [3.05, 3.63) is 35.9 Å². The summed E-state index contributed by atoms with van der Waals surface area (Å²) >= 11 is 0. The van der Waals surface area contributed by atoms with E-state index >= 15 is 0 Å². The van der Waals surface area contributed by atoms with Crippen molar-refractivity contribution in [3.8, 4) is 0 Å². The van der Waals surface area contributed by atoms with E-state index in [1.54, 1.807) is 0 Å². The lowest BCUT2D eigenvalue weighted by atomic mass is 10.2. The fraction of sp³-hybridized carbons (Fsp3) is 0.143. The molecular weight excluding hydrogens is 108 g/mol. The molecule has 0 aromatic heterocycles. The average Bonchev–Trinajstić information content (AvgIpc) is 1.69.